The summed E-state index contributed by atoms with van der Waals surface area (Å²) < 4.78 is 68.1. The fourth-order valence-corrected chi connectivity index (χ4v) is 3.89. The number of hydrogen-bond acceptors (Lipinski definition) is 6. The lowest BCUT2D eigenvalue weighted by atomic mass is 9.95. The molecule has 0 N–H and O–H groups in total. The van der Waals surface area contributed by atoms with E-state index < -0.39 is 23.0 Å². The van der Waals surface area contributed by atoms with Gasteiger partial charge in [-0.05, 0) is 30.3 Å². The Morgan fingerprint density at radius 2 is 1.62 bits per heavy atom. The number of imidazole rings is 1. The molecular formula is C26H21F4N5O2. The van der Waals surface area contributed by atoms with Crippen molar-refractivity contribution in [1.82, 2.24) is 24.9 Å². The number of aromatic nitrogens is 5. The van der Waals surface area contributed by atoms with Gasteiger partial charge >= 0.3 is 0 Å². The molecule has 2 aliphatic rings. The average Bonchev–Trinajstić information content (AvgIpc) is 3.49. The van der Waals surface area contributed by atoms with Gasteiger partial charge in [-0.2, -0.15) is 5.10 Å². The summed E-state index contributed by atoms with van der Waals surface area (Å²) in [5.41, 5.74) is 1.07. The average molecular weight is 511 g/mol. The van der Waals surface area contributed by atoms with Crippen molar-refractivity contribution in [2.24, 2.45) is 0 Å². The number of methoxy groups -OCH3 is 1. The Balaban J connectivity index is 1.41. The maximum absolute atomic E-state index is 14.3. The van der Waals surface area contributed by atoms with Crippen LogP contribution >= 0.6 is 0 Å². The number of alkyl halides is 4. The van der Waals surface area contributed by atoms with E-state index in [0.29, 0.717) is 36.8 Å². The second kappa shape index (κ2) is 8.99. The SMILES string of the molecule is COc1ccc(-c2nc3cnn(Cc4cc(-c5ccc(C(C)(F)F)cc5C(C)(F)F)no4)cc-3n2)cc1. The third kappa shape index (κ3) is 5.02. The summed E-state index contributed by atoms with van der Waals surface area (Å²) in [5, 5.41) is 8.21. The standard InChI is InChI=1S/C26H21F4N5O2/c1-25(27,28)16-6-9-19(20(10-16)26(2,29)30)21-11-18(37-34-21)13-35-14-23-22(12-31-35)32-24(33-23)15-4-7-17(36-3)8-5-15/h4-12,14H,13H2,1-3H3. The van der Waals surface area contributed by atoms with Crippen LogP contribution in [0.4, 0.5) is 17.6 Å². The maximum Gasteiger partial charge on any atom is 0.271 e. The number of halogens is 4. The molecule has 0 aliphatic carbocycles. The smallest absolute Gasteiger partial charge is 0.271 e. The minimum Gasteiger partial charge on any atom is -0.497 e. The molecule has 0 bridgehead atoms. The molecule has 0 atom stereocenters. The molecule has 5 rings (SSSR count). The number of ether oxygens (including phenoxy) is 1. The van der Waals surface area contributed by atoms with E-state index in [0.717, 1.165) is 23.4 Å². The maximum atomic E-state index is 14.3. The highest BCUT2D eigenvalue weighted by Gasteiger charge is 2.33. The molecule has 0 fully saturated rings. The Morgan fingerprint density at radius 1 is 0.892 bits per heavy atom. The summed E-state index contributed by atoms with van der Waals surface area (Å²) in [7, 11) is 1.59. The van der Waals surface area contributed by atoms with Gasteiger partial charge in [0.25, 0.3) is 11.8 Å². The normalized spacial score (nSPS) is 12.3. The van der Waals surface area contributed by atoms with Crippen LogP contribution in [0.2, 0.25) is 0 Å². The highest BCUT2D eigenvalue weighted by molar-refractivity contribution is 5.66. The third-order valence-corrected chi connectivity index (χ3v) is 5.82. The topological polar surface area (TPSA) is 78.9 Å². The van der Waals surface area contributed by atoms with Crippen molar-refractivity contribution >= 4 is 0 Å². The lowest BCUT2D eigenvalue weighted by molar-refractivity contribution is 0.0109. The van der Waals surface area contributed by atoms with Crippen LogP contribution in [0.5, 0.6) is 5.75 Å². The van der Waals surface area contributed by atoms with E-state index >= 15 is 0 Å². The Morgan fingerprint density at radius 3 is 2.30 bits per heavy atom. The summed E-state index contributed by atoms with van der Waals surface area (Å²) in [5.74, 6) is -5.04. The second-order valence-electron chi connectivity index (χ2n) is 8.73. The van der Waals surface area contributed by atoms with Gasteiger partial charge in [-0.3, -0.25) is 4.68 Å². The summed E-state index contributed by atoms with van der Waals surface area (Å²) in [6, 6.07) is 11.9. The van der Waals surface area contributed by atoms with Crippen LogP contribution in [0.15, 0.2) is 65.4 Å². The zero-order valence-electron chi connectivity index (χ0n) is 20.0. The number of fused-ring (bicyclic) bond motifs is 1. The molecule has 37 heavy (non-hydrogen) atoms. The van der Waals surface area contributed by atoms with Gasteiger partial charge in [0, 0.05) is 42.2 Å². The van der Waals surface area contributed by atoms with Gasteiger partial charge in [0.15, 0.2) is 11.6 Å². The molecule has 3 heterocycles. The monoisotopic (exact) mass is 511 g/mol. The molecule has 1 aromatic heterocycles. The van der Waals surface area contributed by atoms with E-state index in [9.17, 15) is 17.6 Å². The van der Waals surface area contributed by atoms with Crippen molar-refractivity contribution in [2.45, 2.75) is 32.2 Å². The van der Waals surface area contributed by atoms with Crippen LogP contribution in [0, 0.1) is 0 Å². The fourth-order valence-electron chi connectivity index (χ4n) is 3.89. The first kappa shape index (κ1) is 24.4. The van der Waals surface area contributed by atoms with E-state index in [1.165, 1.54) is 12.1 Å². The highest BCUT2D eigenvalue weighted by Crippen LogP contribution is 2.39. The largest absolute Gasteiger partial charge is 0.497 e. The van der Waals surface area contributed by atoms with Gasteiger partial charge in [-0.15, -0.1) is 0 Å². The minimum absolute atomic E-state index is 0.00921. The lowest BCUT2D eigenvalue weighted by Crippen LogP contribution is -2.13. The zero-order chi connectivity index (χ0) is 26.4. The van der Waals surface area contributed by atoms with Gasteiger partial charge < -0.3 is 9.26 Å². The molecule has 0 radical (unpaired) electrons. The van der Waals surface area contributed by atoms with Crippen molar-refractivity contribution in [1.29, 1.82) is 0 Å². The molecule has 2 aliphatic heterocycles. The Labute approximate surface area is 209 Å². The zero-order valence-corrected chi connectivity index (χ0v) is 20.0. The van der Waals surface area contributed by atoms with Crippen molar-refractivity contribution in [3.05, 3.63) is 77.8 Å². The van der Waals surface area contributed by atoms with E-state index in [2.05, 4.69) is 20.2 Å². The van der Waals surface area contributed by atoms with E-state index in [1.807, 2.05) is 24.3 Å². The first-order valence-corrected chi connectivity index (χ1v) is 11.2. The number of benzene rings is 2. The van der Waals surface area contributed by atoms with E-state index in [-0.39, 0.29) is 17.8 Å². The van der Waals surface area contributed by atoms with Gasteiger partial charge in [-0.1, -0.05) is 17.3 Å². The van der Waals surface area contributed by atoms with Crippen LogP contribution in [0.3, 0.4) is 0 Å². The number of hydrogen-bond donors (Lipinski definition) is 0. The molecule has 11 heteroatoms. The van der Waals surface area contributed by atoms with Gasteiger partial charge in [-0.25, -0.2) is 27.5 Å². The summed E-state index contributed by atoms with van der Waals surface area (Å²) in [4.78, 5) is 9.06. The van der Waals surface area contributed by atoms with E-state index in [1.54, 1.807) is 24.2 Å². The first-order valence-electron chi connectivity index (χ1n) is 11.2. The highest BCUT2D eigenvalue weighted by atomic mass is 19.3. The van der Waals surface area contributed by atoms with Crippen molar-refractivity contribution < 1.29 is 26.8 Å². The molecule has 0 spiro atoms. The van der Waals surface area contributed by atoms with Crippen LogP contribution < -0.4 is 4.74 Å². The molecule has 0 unspecified atom stereocenters. The molecule has 0 amide bonds. The molecule has 3 aromatic rings. The van der Waals surface area contributed by atoms with Crippen LogP contribution in [0.25, 0.3) is 34.0 Å². The van der Waals surface area contributed by atoms with E-state index in [4.69, 9.17) is 9.26 Å². The number of nitrogens with zero attached hydrogens (tertiary/aromatic N) is 5. The lowest BCUT2D eigenvalue weighted by Gasteiger charge is -2.18. The quantitative estimate of drug-likeness (QED) is 0.236. The van der Waals surface area contributed by atoms with Crippen LogP contribution in [-0.2, 0) is 18.4 Å². The fraction of sp³-hybridized carbons (Fsp3) is 0.231. The van der Waals surface area contributed by atoms with Crippen LogP contribution in [0.1, 0.15) is 30.7 Å². The molecule has 7 nitrogen and oxygen atoms in total. The van der Waals surface area contributed by atoms with Crippen LogP contribution in [-0.4, -0.2) is 32.0 Å². The molecule has 190 valence electrons. The summed E-state index contributed by atoms with van der Waals surface area (Å²) in [6.45, 7) is 1.45. The third-order valence-electron chi connectivity index (χ3n) is 5.82. The van der Waals surface area contributed by atoms with Crippen molar-refractivity contribution in [3.63, 3.8) is 0 Å². The predicted octanol–water partition coefficient (Wildman–Crippen LogP) is 6.38. The molecule has 0 saturated carbocycles. The van der Waals surface area contributed by atoms with Gasteiger partial charge in [0.05, 0.1) is 19.5 Å². The summed E-state index contributed by atoms with van der Waals surface area (Å²) >= 11 is 0. The predicted molar refractivity (Wildman–Crippen MR) is 127 cm³/mol. The summed E-state index contributed by atoms with van der Waals surface area (Å²) in [6.07, 6.45) is 3.24. The molecular weight excluding hydrogens is 490 g/mol. The Kier molecular flexibility index (Phi) is 5.93. The molecule has 0 saturated heterocycles. The number of rotatable bonds is 7. The van der Waals surface area contributed by atoms with Crippen molar-refractivity contribution in [2.75, 3.05) is 7.11 Å². The minimum atomic E-state index is -3.37. The second-order valence-corrected chi connectivity index (χ2v) is 8.73. The Bertz CT molecular complexity index is 1520. The molecule has 2 aromatic carbocycles. The van der Waals surface area contributed by atoms with Gasteiger partial charge in [0.1, 0.15) is 29.4 Å². The van der Waals surface area contributed by atoms with Gasteiger partial charge in [0.2, 0.25) is 0 Å². The Hall–Kier alpha value is -4.28. The van der Waals surface area contributed by atoms with Crippen molar-refractivity contribution in [3.8, 4) is 39.8 Å². The first-order chi connectivity index (χ1) is 17.5.